The molecule has 250 valence electrons. The van der Waals surface area contributed by atoms with Crippen molar-refractivity contribution in [2.45, 2.75) is 108 Å². The van der Waals surface area contributed by atoms with Gasteiger partial charge in [0.05, 0.1) is 22.4 Å². The Hall–Kier alpha value is -2.51. The van der Waals surface area contributed by atoms with Crippen LogP contribution in [-0.2, 0) is 26.2 Å². The van der Waals surface area contributed by atoms with Crippen molar-refractivity contribution in [3.05, 3.63) is 41.2 Å². The van der Waals surface area contributed by atoms with Crippen molar-refractivity contribution in [3.63, 3.8) is 0 Å². The van der Waals surface area contributed by atoms with E-state index >= 15 is 0 Å². The van der Waals surface area contributed by atoms with Gasteiger partial charge in [0.15, 0.2) is 0 Å². The molecule has 45 heavy (non-hydrogen) atoms. The minimum Gasteiger partial charge on any atom is -0.390 e. The van der Waals surface area contributed by atoms with Gasteiger partial charge < -0.3 is 15.3 Å². The van der Waals surface area contributed by atoms with Crippen LogP contribution in [0, 0.1) is 19.8 Å². The lowest BCUT2D eigenvalue weighted by Crippen LogP contribution is -2.75. The van der Waals surface area contributed by atoms with E-state index in [0.717, 1.165) is 67.6 Å². The number of piperazine rings is 1. The zero-order chi connectivity index (χ0) is 31.6. The van der Waals surface area contributed by atoms with E-state index in [4.69, 9.17) is 5.10 Å². The van der Waals surface area contributed by atoms with Gasteiger partial charge >= 0.3 is 0 Å². The molecule has 3 fully saturated rings. The maximum Gasteiger partial charge on any atom is 0.248 e. The maximum atomic E-state index is 13.9. The Kier molecular flexibility index (Phi) is 11.4. The SMILES string of the molecule is CCCCN1C(=O)[C@@H]([C@H](O)C2CCCCC2)NC(=O)C12CCN(Cc1c(C)nn(-c3ccc(S(=O)(=O)NC)cc3)c1C)CC2.Cl. The highest BCUT2D eigenvalue weighted by Crippen LogP contribution is 2.37. The standard InChI is InChI=1S/C32H48N6O5S.ClH/c1-5-6-18-37-30(40)28(29(39)24-10-8-7-9-11-24)34-31(41)32(37)16-19-36(20-17-32)21-27-22(2)35-38(23(27)3)25-12-14-26(15-13-25)44(42,43)33-4;/h12-15,24,28-29,33,39H,5-11,16-21H2,1-4H3,(H,34,41);1H/t28-,29-;/m1./s1. The monoisotopic (exact) mass is 664 g/mol. The van der Waals surface area contributed by atoms with Gasteiger partial charge in [0.1, 0.15) is 11.6 Å². The number of amides is 2. The topological polar surface area (TPSA) is 137 Å². The van der Waals surface area contributed by atoms with Crippen LogP contribution in [0.15, 0.2) is 29.2 Å². The van der Waals surface area contributed by atoms with Crippen LogP contribution in [0.4, 0.5) is 0 Å². The van der Waals surface area contributed by atoms with Gasteiger partial charge in [0.25, 0.3) is 0 Å². The third kappa shape index (κ3) is 6.95. The first kappa shape index (κ1) is 35.3. The summed E-state index contributed by atoms with van der Waals surface area (Å²) in [6.07, 6.45) is 7.02. The minimum absolute atomic E-state index is 0. The molecule has 3 N–H and O–H groups in total. The average molecular weight is 665 g/mol. The Morgan fingerprint density at radius 3 is 2.33 bits per heavy atom. The van der Waals surface area contributed by atoms with Crippen molar-refractivity contribution in [2.24, 2.45) is 5.92 Å². The first-order chi connectivity index (χ1) is 21.0. The van der Waals surface area contributed by atoms with E-state index in [2.05, 4.69) is 21.9 Å². The highest BCUT2D eigenvalue weighted by molar-refractivity contribution is 7.89. The number of sulfonamides is 1. The molecule has 2 aliphatic heterocycles. The molecule has 2 amide bonds. The average Bonchev–Trinajstić information content (AvgIpc) is 3.32. The molecule has 2 atom stereocenters. The molecular formula is C32H49ClN6O5S. The summed E-state index contributed by atoms with van der Waals surface area (Å²) >= 11 is 0. The third-order valence-electron chi connectivity index (χ3n) is 10.1. The quantitative estimate of drug-likeness (QED) is 0.355. The van der Waals surface area contributed by atoms with Crippen LogP contribution in [0.1, 0.15) is 81.7 Å². The molecular weight excluding hydrogens is 616 g/mol. The van der Waals surface area contributed by atoms with Crippen molar-refractivity contribution in [3.8, 4) is 5.69 Å². The number of aliphatic hydroxyl groups excluding tert-OH is 1. The Balaban J connectivity index is 0.00000461. The second-order valence-electron chi connectivity index (χ2n) is 12.8. The number of aromatic nitrogens is 2. The summed E-state index contributed by atoms with van der Waals surface area (Å²) in [4.78, 5) is 32.1. The molecule has 3 aliphatic rings. The van der Waals surface area contributed by atoms with E-state index < -0.39 is 27.7 Å². The van der Waals surface area contributed by atoms with Crippen LogP contribution >= 0.6 is 12.4 Å². The minimum atomic E-state index is -3.52. The summed E-state index contributed by atoms with van der Waals surface area (Å²) in [7, 11) is -2.13. The zero-order valence-electron chi connectivity index (χ0n) is 26.9. The number of aliphatic hydroxyl groups is 1. The molecule has 3 heterocycles. The van der Waals surface area contributed by atoms with Gasteiger partial charge in [-0.2, -0.15) is 5.10 Å². The van der Waals surface area contributed by atoms with Crippen LogP contribution in [0.25, 0.3) is 5.69 Å². The fourth-order valence-corrected chi connectivity index (χ4v) is 8.03. The fraction of sp³-hybridized carbons (Fsp3) is 0.656. The smallest absolute Gasteiger partial charge is 0.248 e. The van der Waals surface area contributed by atoms with Crippen LogP contribution in [0.2, 0.25) is 0 Å². The van der Waals surface area contributed by atoms with Gasteiger partial charge in [-0.1, -0.05) is 32.6 Å². The van der Waals surface area contributed by atoms with Crippen LogP contribution < -0.4 is 10.0 Å². The summed E-state index contributed by atoms with van der Waals surface area (Å²) < 4.78 is 28.4. The number of carbonyl (C=O) groups excluding carboxylic acids is 2. The Morgan fingerprint density at radius 1 is 1.09 bits per heavy atom. The highest BCUT2D eigenvalue weighted by Gasteiger charge is 2.55. The fourth-order valence-electron chi connectivity index (χ4n) is 7.30. The highest BCUT2D eigenvalue weighted by atomic mass is 35.5. The van der Waals surface area contributed by atoms with Gasteiger partial charge in [0.2, 0.25) is 21.8 Å². The van der Waals surface area contributed by atoms with E-state index in [1.54, 1.807) is 24.3 Å². The molecule has 1 spiro atoms. The number of benzene rings is 1. The molecule has 13 heteroatoms. The number of rotatable bonds is 10. The largest absolute Gasteiger partial charge is 0.390 e. The van der Waals surface area contributed by atoms with Crippen LogP contribution in [0.5, 0.6) is 0 Å². The van der Waals surface area contributed by atoms with E-state index in [1.165, 1.54) is 7.05 Å². The summed E-state index contributed by atoms with van der Waals surface area (Å²) in [5, 5.41) is 19.0. The van der Waals surface area contributed by atoms with Crippen molar-refractivity contribution >= 4 is 34.2 Å². The van der Waals surface area contributed by atoms with E-state index in [9.17, 15) is 23.1 Å². The predicted octanol–water partition coefficient (Wildman–Crippen LogP) is 3.22. The van der Waals surface area contributed by atoms with Gasteiger partial charge in [-0.3, -0.25) is 14.5 Å². The first-order valence-electron chi connectivity index (χ1n) is 16.1. The van der Waals surface area contributed by atoms with E-state index in [-0.39, 0.29) is 35.0 Å². The van der Waals surface area contributed by atoms with Crippen molar-refractivity contribution in [1.29, 1.82) is 0 Å². The number of halogens is 1. The Labute approximate surface area is 273 Å². The number of carbonyl (C=O) groups is 2. The number of piperidine rings is 1. The number of nitrogens with zero attached hydrogens (tertiary/aromatic N) is 4. The molecule has 0 radical (unpaired) electrons. The normalized spacial score (nSPS) is 21.9. The third-order valence-corrected chi connectivity index (χ3v) is 11.6. The van der Waals surface area contributed by atoms with Crippen LogP contribution in [-0.4, -0.2) is 89.3 Å². The summed E-state index contributed by atoms with van der Waals surface area (Å²) in [6, 6.07) is 5.77. The van der Waals surface area contributed by atoms with Crippen molar-refractivity contribution in [2.75, 3.05) is 26.7 Å². The number of aryl methyl sites for hydroxylation is 1. The zero-order valence-corrected chi connectivity index (χ0v) is 28.6. The Morgan fingerprint density at radius 2 is 1.73 bits per heavy atom. The number of hydrogen-bond donors (Lipinski definition) is 3. The lowest BCUT2D eigenvalue weighted by molar-refractivity contribution is -0.166. The summed E-state index contributed by atoms with van der Waals surface area (Å²) in [6.45, 7) is 8.56. The molecule has 0 bridgehead atoms. The first-order valence-corrected chi connectivity index (χ1v) is 17.6. The van der Waals surface area contributed by atoms with Gasteiger partial charge in [0, 0.05) is 37.4 Å². The number of likely N-dealkylation sites (tertiary alicyclic amines) is 1. The molecule has 1 aliphatic carbocycles. The Bertz CT molecular complexity index is 1450. The van der Waals surface area contributed by atoms with E-state index in [0.29, 0.717) is 39.0 Å². The lowest BCUT2D eigenvalue weighted by Gasteiger charge is -2.52. The molecule has 1 aromatic carbocycles. The second-order valence-corrected chi connectivity index (χ2v) is 14.6. The molecule has 0 unspecified atom stereocenters. The summed E-state index contributed by atoms with van der Waals surface area (Å²) in [5.74, 6) is -0.212. The van der Waals surface area contributed by atoms with Crippen LogP contribution in [0.3, 0.4) is 0 Å². The molecule has 1 aromatic heterocycles. The molecule has 11 nitrogen and oxygen atoms in total. The van der Waals surface area contributed by atoms with Gasteiger partial charge in [-0.15, -0.1) is 12.4 Å². The van der Waals surface area contributed by atoms with Gasteiger partial charge in [-0.25, -0.2) is 17.8 Å². The number of nitrogens with one attached hydrogen (secondary N) is 2. The van der Waals surface area contributed by atoms with Gasteiger partial charge in [-0.05, 0) is 83.2 Å². The number of hydrogen-bond acceptors (Lipinski definition) is 7. The molecule has 2 aromatic rings. The second kappa shape index (κ2) is 14.5. The molecule has 1 saturated carbocycles. The maximum absolute atomic E-state index is 13.9. The van der Waals surface area contributed by atoms with E-state index in [1.807, 2.05) is 23.4 Å². The molecule has 5 rings (SSSR count). The van der Waals surface area contributed by atoms with Crippen molar-refractivity contribution in [1.82, 2.24) is 29.6 Å². The van der Waals surface area contributed by atoms with Crippen molar-refractivity contribution < 1.29 is 23.1 Å². The number of unbranched alkanes of at least 4 members (excludes halogenated alkanes) is 1. The summed E-state index contributed by atoms with van der Waals surface area (Å²) in [5.41, 5.74) is 2.84. The predicted molar refractivity (Wildman–Crippen MR) is 175 cm³/mol. The lowest BCUT2D eigenvalue weighted by atomic mass is 9.78. The molecule has 2 saturated heterocycles.